The minimum Gasteiger partial charge on any atom is -0.481 e. The van der Waals surface area contributed by atoms with Gasteiger partial charge >= 0.3 is 5.97 Å². The topological polar surface area (TPSA) is 91.1 Å². The smallest absolute Gasteiger partial charge is 0.305 e. The molecule has 1 unspecified atom stereocenters. The number of aryl methyl sites for hydroxylation is 1. The van der Waals surface area contributed by atoms with E-state index in [-0.39, 0.29) is 17.4 Å². The number of hydrogen-bond donors (Lipinski definition) is 2. The van der Waals surface area contributed by atoms with Gasteiger partial charge in [-0.15, -0.1) is 5.10 Å². The van der Waals surface area contributed by atoms with Gasteiger partial charge in [-0.3, -0.25) is 9.59 Å². The number of rotatable bonds is 4. The molecule has 0 aromatic heterocycles. The quantitative estimate of drug-likeness (QED) is 0.652. The summed E-state index contributed by atoms with van der Waals surface area (Å²) in [7, 11) is 0. The van der Waals surface area contributed by atoms with Gasteiger partial charge in [0.05, 0.1) is 12.6 Å². The second-order valence-electron chi connectivity index (χ2n) is 4.34. The van der Waals surface area contributed by atoms with Crippen molar-refractivity contribution in [2.45, 2.75) is 18.6 Å². The van der Waals surface area contributed by atoms with Crippen LogP contribution in [0.2, 0.25) is 0 Å². The summed E-state index contributed by atoms with van der Waals surface area (Å²) < 4.78 is 13.1. The maximum atomic E-state index is 13.1. The second kappa shape index (κ2) is 6.49. The highest BCUT2D eigenvalue weighted by molar-refractivity contribution is 8.15. The molecule has 1 amide bonds. The van der Waals surface area contributed by atoms with Gasteiger partial charge < -0.3 is 10.4 Å². The Morgan fingerprint density at radius 1 is 1.57 bits per heavy atom. The molecule has 2 rings (SSSR count). The van der Waals surface area contributed by atoms with Crippen molar-refractivity contribution in [3.63, 3.8) is 0 Å². The van der Waals surface area contributed by atoms with E-state index in [4.69, 9.17) is 5.11 Å². The molecule has 0 radical (unpaired) electrons. The van der Waals surface area contributed by atoms with Crippen LogP contribution in [-0.4, -0.2) is 33.6 Å². The van der Waals surface area contributed by atoms with Crippen molar-refractivity contribution in [2.24, 2.45) is 10.2 Å². The van der Waals surface area contributed by atoms with Crippen LogP contribution in [0.1, 0.15) is 17.5 Å². The van der Waals surface area contributed by atoms with Gasteiger partial charge in [-0.1, -0.05) is 17.8 Å². The lowest BCUT2D eigenvalue weighted by Crippen LogP contribution is -2.26. The first-order chi connectivity index (χ1) is 9.95. The average Bonchev–Trinajstić information content (AvgIpc) is 2.73. The monoisotopic (exact) mass is 309 g/mol. The van der Waals surface area contributed by atoms with E-state index < -0.39 is 17.1 Å². The minimum atomic E-state index is -1.05. The van der Waals surface area contributed by atoms with Crippen LogP contribution in [0.3, 0.4) is 0 Å². The van der Waals surface area contributed by atoms with Gasteiger partial charge in [-0.05, 0) is 24.6 Å². The summed E-state index contributed by atoms with van der Waals surface area (Å²) in [5.74, 6) is -1.83. The molecule has 6 nitrogen and oxygen atoms in total. The van der Waals surface area contributed by atoms with Gasteiger partial charge in [-0.25, -0.2) is 4.39 Å². The molecule has 110 valence electrons. The Balaban J connectivity index is 2.05. The molecule has 1 heterocycles. The van der Waals surface area contributed by atoms with E-state index in [1.165, 1.54) is 18.3 Å². The number of benzene rings is 1. The average molecular weight is 309 g/mol. The number of carboxylic acid groups (broad SMARTS) is 1. The predicted octanol–water partition coefficient (Wildman–Crippen LogP) is 1.53. The zero-order chi connectivity index (χ0) is 15.4. The Labute approximate surface area is 124 Å². The van der Waals surface area contributed by atoms with E-state index in [2.05, 4.69) is 15.5 Å². The number of carbonyl (C=O) groups is 2. The van der Waals surface area contributed by atoms with Crippen LogP contribution < -0.4 is 5.32 Å². The predicted molar refractivity (Wildman–Crippen MR) is 77.9 cm³/mol. The first-order valence-electron chi connectivity index (χ1n) is 6.02. The molecule has 21 heavy (non-hydrogen) atoms. The third-order valence-electron chi connectivity index (χ3n) is 2.72. The molecule has 2 N–H and O–H groups in total. The fourth-order valence-electron chi connectivity index (χ4n) is 1.64. The molecule has 0 saturated carbocycles. The van der Waals surface area contributed by atoms with Crippen molar-refractivity contribution in [1.82, 2.24) is 5.32 Å². The highest BCUT2D eigenvalue weighted by atomic mass is 32.2. The molecule has 1 aromatic carbocycles. The maximum Gasteiger partial charge on any atom is 0.305 e. The van der Waals surface area contributed by atoms with Crippen molar-refractivity contribution in [2.75, 3.05) is 0 Å². The largest absolute Gasteiger partial charge is 0.481 e. The number of hydrogen-bond acceptors (Lipinski definition) is 5. The van der Waals surface area contributed by atoms with E-state index in [9.17, 15) is 14.0 Å². The van der Waals surface area contributed by atoms with E-state index >= 15 is 0 Å². The summed E-state index contributed by atoms with van der Waals surface area (Å²) in [5.41, 5.74) is 1.42. The lowest BCUT2D eigenvalue weighted by molar-refractivity contribution is -0.138. The van der Waals surface area contributed by atoms with Gasteiger partial charge in [-0.2, -0.15) is 5.10 Å². The summed E-state index contributed by atoms with van der Waals surface area (Å²) in [4.78, 5) is 22.1. The van der Waals surface area contributed by atoms with Gasteiger partial charge in [0.2, 0.25) is 5.91 Å². The molecular weight excluding hydrogens is 297 g/mol. The van der Waals surface area contributed by atoms with Crippen LogP contribution in [0, 0.1) is 12.7 Å². The Bertz CT molecular complexity index is 646. The summed E-state index contributed by atoms with van der Waals surface area (Å²) in [6.07, 6.45) is 1.10. The molecule has 0 aliphatic carbocycles. The van der Waals surface area contributed by atoms with Gasteiger partial charge in [0.1, 0.15) is 11.1 Å². The first-order valence-corrected chi connectivity index (χ1v) is 6.90. The number of nitrogens with one attached hydrogen (secondary N) is 1. The molecule has 0 bridgehead atoms. The third kappa shape index (κ3) is 4.12. The van der Waals surface area contributed by atoms with E-state index in [1.54, 1.807) is 6.07 Å². The molecule has 1 saturated heterocycles. The van der Waals surface area contributed by atoms with E-state index in [0.717, 1.165) is 17.3 Å². The Hall–Kier alpha value is -2.22. The number of carboxylic acids is 1. The summed E-state index contributed by atoms with van der Waals surface area (Å²) >= 11 is 1.01. The summed E-state index contributed by atoms with van der Waals surface area (Å²) in [5, 5.41) is 18.2. The van der Waals surface area contributed by atoms with Crippen molar-refractivity contribution < 1.29 is 19.1 Å². The van der Waals surface area contributed by atoms with Crippen LogP contribution >= 0.6 is 11.8 Å². The lowest BCUT2D eigenvalue weighted by atomic mass is 10.1. The molecule has 1 aliphatic rings. The molecule has 1 fully saturated rings. The zero-order valence-corrected chi connectivity index (χ0v) is 11.9. The molecule has 8 heteroatoms. The normalized spacial score (nSPS) is 20.2. The molecular formula is C13H12FN3O3S. The van der Waals surface area contributed by atoms with Crippen LogP contribution in [0.4, 0.5) is 4.39 Å². The summed E-state index contributed by atoms with van der Waals surface area (Å²) in [6, 6.07) is 4.30. The van der Waals surface area contributed by atoms with Gasteiger partial charge in [0.25, 0.3) is 0 Å². The molecule has 1 aliphatic heterocycles. The van der Waals surface area contributed by atoms with Crippen LogP contribution in [0.15, 0.2) is 28.4 Å². The van der Waals surface area contributed by atoms with Crippen molar-refractivity contribution >= 4 is 35.0 Å². The highest BCUT2D eigenvalue weighted by Crippen LogP contribution is 2.22. The summed E-state index contributed by atoms with van der Waals surface area (Å²) in [6.45, 7) is 1.81. The second-order valence-corrected chi connectivity index (χ2v) is 5.54. The number of amidine groups is 1. The number of carbonyl (C=O) groups excluding carboxylic acids is 1. The van der Waals surface area contributed by atoms with Gasteiger partial charge in [0, 0.05) is 5.56 Å². The van der Waals surface area contributed by atoms with Crippen molar-refractivity contribution in [3.05, 3.63) is 35.1 Å². The van der Waals surface area contributed by atoms with Crippen molar-refractivity contribution in [3.8, 4) is 0 Å². The highest BCUT2D eigenvalue weighted by Gasteiger charge is 2.32. The fraction of sp³-hybridized carbons (Fsp3) is 0.231. The van der Waals surface area contributed by atoms with Crippen molar-refractivity contribution in [1.29, 1.82) is 0 Å². The number of amides is 1. The maximum absolute atomic E-state index is 13.1. The Morgan fingerprint density at radius 3 is 3.05 bits per heavy atom. The Morgan fingerprint density at radius 2 is 2.33 bits per heavy atom. The number of halogens is 1. The SMILES string of the molecule is Cc1ccc(F)cc1C=NN=C1NC(=O)C(CC(=O)O)S1. The van der Waals surface area contributed by atoms with E-state index in [0.29, 0.717) is 5.56 Å². The van der Waals surface area contributed by atoms with Gasteiger partial charge in [0.15, 0.2) is 5.17 Å². The number of aliphatic carboxylic acids is 1. The zero-order valence-electron chi connectivity index (χ0n) is 11.0. The molecule has 0 spiro atoms. The first kappa shape index (κ1) is 15.2. The standard InChI is InChI=1S/C13H12FN3O3S/c1-7-2-3-9(14)4-8(7)6-15-17-13-16-12(20)10(21-13)5-11(18)19/h2-4,6,10H,5H2,1H3,(H,18,19)(H,16,17,20). The number of nitrogens with zero attached hydrogens (tertiary/aromatic N) is 2. The van der Waals surface area contributed by atoms with E-state index in [1.807, 2.05) is 6.92 Å². The lowest BCUT2D eigenvalue weighted by Gasteiger charge is -1.98. The third-order valence-corrected chi connectivity index (χ3v) is 3.80. The Kier molecular flexibility index (Phi) is 4.69. The van der Waals surface area contributed by atoms with Crippen LogP contribution in [0.5, 0.6) is 0 Å². The van der Waals surface area contributed by atoms with Crippen LogP contribution in [0.25, 0.3) is 0 Å². The van der Waals surface area contributed by atoms with Crippen LogP contribution in [-0.2, 0) is 9.59 Å². The molecule has 1 aromatic rings. The fourth-order valence-corrected chi connectivity index (χ4v) is 2.55. The minimum absolute atomic E-state index is 0.233. The number of thioether (sulfide) groups is 1. The molecule has 1 atom stereocenters.